The lowest BCUT2D eigenvalue weighted by Gasteiger charge is -2.27. The van der Waals surface area contributed by atoms with Gasteiger partial charge in [-0.2, -0.15) is 11.8 Å². The molecule has 2 nitrogen and oxygen atoms in total. The first kappa shape index (κ1) is 9.81. The third kappa shape index (κ3) is 2.61. The number of ether oxygens (including phenoxy) is 1. The highest BCUT2D eigenvalue weighted by molar-refractivity contribution is 7.99. The van der Waals surface area contributed by atoms with Crippen LogP contribution < -0.4 is 5.32 Å². The normalized spacial score (nSPS) is 36.7. The Balaban J connectivity index is 1.75. The van der Waals surface area contributed by atoms with Crippen molar-refractivity contribution >= 4 is 11.8 Å². The first-order valence-electron chi connectivity index (χ1n) is 5.28. The zero-order valence-corrected chi connectivity index (χ0v) is 9.11. The Bertz CT molecular complexity index is 159. The molecule has 0 aliphatic carbocycles. The van der Waals surface area contributed by atoms with Gasteiger partial charge in [-0.05, 0) is 30.3 Å². The highest BCUT2D eigenvalue weighted by Crippen LogP contribution is 2.20. The Hall–Kier alpha value is 0.270. The van der Waals surface area contributed by atoms with Crippen molar-refractivity contribution < 1.29 is 4.74 Å². The van der Waals surface area contributed by atoms with E-state index in [9.17, 15) is 0 Å². The monoisotopic (exact) mass is 201 g/mol. The summed E-state index contributed by atoms with van der Waals surface area (Å²) in [5, 5.41) is 3.73. The minimum atomic E-state index is 0.619. The average molecular weight is 201 g/mol. The van der Waals surface area contributed by atoms with E-state index in [0.29, 0.717) is 12.0 Å². The lowest BCUT2D eigenvalue weighted by Crippen LogP contribution is -2.43. The van der Waals surface area contributed by atoms with Gasteiger partial charge in [-0.25, -0.2) is 0 Å². The second kappa shape index (κ2) is 4.67. The molecule has 2 unspecified atom stereocenters. The van der Waals surface area contributed by atoms with Crippen LogP contribution >= 0.6 is 11.8 Å². The molecule has 1 N–H and O–H groups in total. The van der Waals surface area contributed by atoms with Crippen molar-refractivity contribution in [2.45, 2.75) is 31.8 Å². The van der Waals surface area contributed by atoms with E-state index in [2.05, 4.69) is 24.0 Å². The lowest BCUT2D eigenvalue weighted by molar-refractivity contribution is 0.182. The molecular formula is C10H19NOS. The average Bonchev–Trinajstić information content (AvgIpc) is 2.54. The molecule has 0 radical (unpaired) electrons. The zero-order chi connectivity index (χ0) is 9.10. The van der Waals surface area contributed by atoms with Gasteiger partial charge in [0.1, 0.15) is 0 Å². The van der Waals surface area contributed by atoms with E-state index < -0.39 is 0 Å². The van der Waals surface area contributed by atoms with Gasteiger partial charge in [-0.1, -0.05) is 6.92 Å². The van der Waals surface area contributed by atoms with Crippen LogP contribution in [0.3, 0.4) is 0 Å². The van der Waals surface area contributed by atoms with Crippen molar-refractivity contribution in [3.63, 3.8) is 0 Å². The summed E-state index contributed by atoms with van der Waals surface area (Å²) in [6.45, 7) is 4.15. The second-order valence-corrected chi connectivity index (χ2v) is 5.40. The van der Waals surface area contributed by atoms with Crippen LogP contribution in [0.2, 0.25) is 0 Å². The maximum absolute atomic E-state index is 5.44. The van der Waals surface area contributed by atoms with Crippen LogP contribution in [0, 0.1) is 5.92 Å². The van der Waals surface area contributed by atoms with E-state index in [-0.39, 0.29) is 0 Å². The summed E-state index contributed by atoms with van der Waals surface area (Å²) in [6, 6.07) is 1.38. The van der Waals surface area contributed by atoms with Crippen LogP contribution in [0.1, 0.15) is 19.8 Å². The van der Waals surface area contributed by atoms with Gasteiger partial charge in [0.15, 0.2) is 0 Å². The number of rotatable bonds is 2. The number of nitrogens with one attached hydrogen (secondary N) is 1. The molecule has 13 heavy (non-hydrogen) atoms. The summed E-state index contributed by atoms with van der Waals surface area (Å²) < 4.78 is 5.44. The summed E-state index contributed by atoms with van der Waals surface area (Å²) >= 11 is 2.09. The van der Waals surface area contributed by atoms with Gasteiger partial charge in [0.05, 0.1) is 13.2 Å². The van der Waals surface area contributed by atoms with Crippen molar-refractivity contribution in [2.24, 2.45) is 5.92 Å². The molecule has 0 aromatic rings. The van der Waals surface area contributed by atoms with Gasteiger partial charge in [0.2, 0.25) is 0 Å². The summed E-state index contributed by atoms with van der Waals surface area (Å²) in [4.78, 5) is 0. The van der Waals surface area contributed by atoms with Crippen LogP contribution in [-0.2, 0) is 4.74 Å². The fourth-order valence-electron chi connectivity index (χ4n) is 2.04. The molecule has 3 heteroatoms. The molecule has 2 saturated heterocycles. The molecule has 2 aliphatic heterocycles. The fraction of sp³-hybridized carbons (Fsp3) is 1.00. The molecule has 76 valence electrons. The van der Waals surface area contributed by atoms with E-state index in [1.54, 1.807) is 0 Å². The van der Waals surface area contributed by atoms with E-state index in [1.165, 1.54) is 24.3 Å². The Morgan fingerprint density at radius 1 is 1.23 bits per heavy atom. The van der Waals surface area contributed by atoms with Gasteiger partial charge in [0, 0.05) is 12.1 Å². The third-order valence-corrected chi connectivity index (χ3v) is 4.08. The first-order chi connectivity index (χ1) is 6.36. The molecule has 2 fully saturated rings. The summed E-state index contributed by atoms with van der Waals surface area (Å²) in [5.74, 6) is 3.37. The molecular weight excluding hydrogens is 182 g/mol. The molecule has 0 bridgehead atoms. The fourth-order valence-corrected chi connectivity index (χ4v) is 3.15. The van der Waals surface area contributed by atoms with E-state index in [4.69, 9.17) is 4.74 Å². The Kier molecular flexibility index (Phi) is 3.52. The lowest BCUT2D eigenvalue weighted by atomic mass is 10.0. The quantitative estimate of drug-likeness (QED) is 0.731. The van der Waals surface area contributed by atoms with E-state index in [1.807, 2.05) is 0 Å². The molecule has 0 aromatic carbocycles. The van der Waals surface area contributed by atoms with Crippen molar-refractivity contribution in [3.05, 3.63) is 0 Å². The molecule has 0 amide bonds. The van der Waals surface area contributed by atoms with Crippen LogP contribution in [-0.4, -0.2) is 36.8 Å². The standard InChI is InChI=1S/C10H19NOS/c1-8-6-12-7-10(8)11-9-2-4-13-5-3-9/h8-11H,2-7H2,1H3. The molecule has 2 atom stereocenters. The maximum Gasteiger partial charge on any atom is 0.0623 e. The summed E-state index contributed by atoms with van der Waals surface area (Å²) in [6.07, 6.45) is 2.68. The van der Waals surface area contributed by atoms with Gasteiger partial charge in [0.25, 0.3) is 0 Å². The van der Waals surface area contributed by atoms with E-state index >= 15 is 0 Å². The van der Waals surface area contributed by atoms with Crippen molar-refractivity contribution in [1.82, 2.24) is 5.32 Å². The van der Waals surface area contributed by atoms with Crippen molar-refractivity contribution in [1.29, 1.82) is 0 Å². The Morgan fingerprint density at radius 2 is 2.00 bits per heavy atom. The minimum absolute atomic E-state index is 0.619. The number of thioether (sulfide) groups is 1. The predicted molar refractivity (Wildman–Crippen MR) is 57.3 cm³/mol. The van der Waals surface area contributed by atoms with Crippen LogP contribution in [0.15, 0.2) is 0 Å². The highest BCUT2D eigenvalue weighted by Gasteiger charge is 2.26. The topological polar surface area (TPSA) is 21.3 Å². The molecule has 2 rings (SSSR count). The minimum Gasteiger partial charge on any atom is -0.379 e. The summed E-state index contributed by atoms with van der Waals surface area (Å²) in [7, 11) is 0. The van der Waals surface area contributed by atoms with Crippen molar-refractivity contribution in [2.75, 3.05) is 24.7 Å². The molecule has 0 saturated carbocycles. The smallest absolute Gasteiger partial charge is 0.0623 e. The van der Waals surface area contributed by atoms with Gasteiger partial charge in [-0.15, -0.1) is 0 Å². The molecule has 0 spiro atoms. The SMILES string of the molecule is CC1COCC1NC1CCSCC1. The van der Waals surface area contributed by atoms with E-state index in [0.717, 1.165) is 19.3 Å². The highest BCUT2D eigenvalue weighted by atomic mass is 32.2. The van der Waals surface area contributed by atoms with Gasteiger partial charge in [-0.3, -0.25) is 0 Å². The molecule has 2 heterocycles. The first-order valence-corrected chi connectivity index (χ1v) is 6.43. The van der Waals surface area contributed by atoms with Crippen LogP contribution in [0.5, 0.6) is 0 Å². The molecule has 2 aliphatic rings. The van der Waals surface area contributed by atoms with Crippen LogP contribution in [0.25, 0.3) is 0 Å². The third-order valence-electron chi connectivity index (χ3n) is 3.04. The summed E-state index contributed by atoms with van der Waals surface area (Å²) in [5.41, 5.74) is 0. The Labute approximate surface area is 84.8 Å². The van der Waals surface area contributed by atoms with Gasteiger partial charge < -0.3 is 10.1 Å². The number of hydrogen-bond donors (Lipinski definition) is 1. The zero-order valence-electron chi connectivity index (χ0n) is 8.29. The maximum atomic E-state index is 5.44. The van der Waals surface area contributed by atoms with Crippen LogP contribution in [0.4, 0.5) is 0 Å². The predicted octanol–water partition coefficient (Wildman–Crippen LogP) is 1.51. The largest absolute Gasteiger partial charge is 0.379 e. The van der Waals surface area contributed by atoms with Crippen molar-refractivity contribution in [3.8, 4) is 0 Å². The van der Waals surface area contributed by atoms with Gasteiger partial charge >= 0.3 is 0 Å². The Morgan fingerprint density at radius 3 is 2.62 bits per heavy atom. The molecule has 0 aromatic heterocycles. The number of hydrogen-bond acceptors (Lipinski definition) is 3. The second-order valence-electron chi connectivity index (χ2n) is 4.17.